The SMILES string of the molecule is CCCCCC/C=C\C/C=C\CCCCCCCCCCOCC(COP(=O)(O)OCC[N+](C)(C)C)OC(=O)CCCCCCCCC/C=C\C/C=C\CCCCCC. The Kier molecular flexibility index (Phi) is 42.0. The summed E-state index contributed by atoms with van der Waals surface area (Å²) in [6, 6.07) is 0. The van der Waals surface area contributed by atoms with E-state index in [1.54, 1.807) is 0 Å². The Labute approximate surface area is 365 Å². The van der Waals surface area contributed by atoms with Gasteiger partial charge in [0.1, 0.15) is 19.3 Å². The molecule has 2 unspecified atom stereocenters. The number of unbranched alkanes of at least 4 members (excludes halogenated alkanes) is 23. The molecule has 0 aromatic heterocycles. The van der Waals surface area contributed by atoms with Crippen LogP contribution in [-0.4, -0.2) is 75.6 Å². The zero-order valence-corrected chi connectivity index (χ0v) is 40.1. The first-order valence-corrected chi connectivity index (χ1v) is 25.9. The summed E-state index contributed by atoms with van der Waals surface area (Å²) in [6.07, 6.45) is 52.8. The van der Waals surface area contributed by atoms with Crippen molar-refractivity contribution in [1.82, 2.24) is 0 Å². The molecule has 0 aliphatic heterocycles. The summed E-state index contributed by atoms with van der Waals surface area (Å²) < 4.78 is 35.1. The topological polar surface area (TPSA) is 91.3 Å². The van der Waals surface area contributed by atoms with Crippen LogP contribution in [0.1, 0.15) is 206 Å². The molecular formula is C50H95NO7P+. The minimum absolute atomic E-state index is 0.0845. The van der Waals surface area contributed by atoms with Crippen molar-refractivity contribution >= 4 is 13.8 Å². The fraction of sp³-hybridized carbons (Fsp3) is 0.820. The van der Waals surface area contributed by atoms with Crippen molar-refractivity contribution in [2.75, 3.05) is 54.1 Å². The summed E-state index contributed by atoms with van der Waals surface area (Å²) in [4.78, 5) is 23.0. The predicted molar refractivity (Wildman–Crippen MR) is 252 cm³/mol. The number of esters is 1. The third-order valence-corrected chi connectivity index (χ3v) is 11.3. The van der Waals surface area contributed by atoms with Gasteiger partial charge in [-0.3, -0.25) is 13.8 Å². The highest BCUT2D eigenvalue weighted by atomic mass is 31.2. The van der Waals surface area contributed by atoms with Gasteiger partial charge in [-0.15, -0.1) is 0 Å². The molecule has 0 aliphatic rings. The van der Waals surface area contributed by atoms with Crippen molar-refractivity contribution in [3.8, 4) is 0 Å². The normalized spacial score (nSPS) is 14.1. The summed E-state index contributed by atoms with van der Waals surface area (Å²) >= 11 is 0. The number of carbonyl (C=O) groups is 1. The number of rotatable bonds is 45. The number of quaternary nitrogens is 1. The molecule has 0 fully saturated rings. The van der Waals surface area contributed by atoms with E-state index in [1.165, 1.54) is 135 Å². The highest BCUT2D eigenvalue weighted by Crippen LogP contribution is 2.43. The largest absolute Gasteiger partial charge is 0.472 e. The number of phosphoric ester groups is 1. The molecule has 9 heteroatoms. The smallest absolute Gasteiger partial charge is 0.457 e. The lowest BCUT2D eigenvalue weighted by Crippen LogP contribution is -2.37. The number of carbonyl (C=O) groups excluding carboxylic acids is 1. The highest BCUT2D eigenvalue weighted by Gasteiger charge is 2.26. The molecule has 2 atom stereocenters. The second kappa shape index (κ2) is 43.1. The van der Waals surface area contributed by atoms with Gasteiger partial charge in [0.05, 0.1) is 34.4 Å². The summed E-state index contributed by atoms with van der Waals surface area (Å²) in [5.41, 5.74) is 0. The molecule has 0 rings (SSSR count). The molecule has 59 heavy (non-hydrogen) atoms. The van der Waals surface area contributed by atoms with E-state index in [4.69, 9.17) is 18.5 Å². The van der Waals surface area contributed by atoms with E-state index in [1.807, 2.05) is 21.1 Å². The van der Waals surface area contributed by atoms with Gasteiger partial charge in [0.2, 0.25) is 0 Å². The Morgan fingerprint density at radius 1 is 0.525 bits per heavy atom. The van der Waals surface area contributed by atoms with Gasteiger partial charge in [-0.2, -0.15) is 0 Å². The number of hydrogen-bond donors (Lipinski definition) is 1. The number of likely N-dealkylation sites (N-methyl/N-ethyl adjacent to an activating group) is 1. The monoisotopic (exact) mass is 853 g/mol. The predicted octanol–water partition coefficient (Wildman–Crippen LogP) is 14.7. The maximum absolute atomic E-state index is 12.7. The highest BCUT2D eigenvalue weighted by molar-refractivity contribution is 7.47. The molecule has 0 saturated carbocycles. The van der Waals surface area contributed by atoms with Crippen LogP contribution in [0.3, 0.4) is 0 Å². The van der Waals surface area contributed by atoms with Gasteiger partial charge in [-0.1, -0.05) is 172 Å². The van der Waals surface area contributed by atoms with Crippen LogP contribution in [0.4, 0.5) is 0 Å². The van der Waals surface area contributed by atoms with E-state index in [0.717, 1.165) is 51.4 Å². The number of nitrogens with zero attached hydrogens (tertiary/aromatic N) is 1. The van der Waals surface area contributed by atoms with Crippen LogP contribution >= 0.6 is 7.82 Å². The molecule has 0 aliphatic carbocycles. The number of ether oxygens (including phenoxy) is 2. The fourth-order valence-corrected chi connectivity index (χ4v) is 7.30. The van der Waals surface area contributed by atoms with Crippen molar-refractivity contribution in [1.29, 1.82) is 0 Å². The van der Waals surface area contributed by atoms with Gasteiger partial charge in [0, 0.05) is 13.0 Å². The van der Waals surface area contributed by atoms with Crippen LogP contribution in [0.15, 0.2) is 48.6 Å². The molecule has 0 bridgehead atoms. The van der Waals surface area contributed by atoms with Gasteiger partial charge in [0.25, 0.3) is 0 Å². The molecule has 0 aromatic rings. The Bertz CT molecular complexity index is 1080. The van der Waals surface area contributed by atoms with Crippen LogP contribution in [0.5, 0.6) is 0 Å². The van der Waals surface area contributed by atoms with E-state index < -0.39 is 13.9 Å². The standard InChI is InChI=1S/C50H94NO7P/c1-6-8-10-12-14-16-18-20-22-24-26-28-30-32-34-36-38-40-42-45-55-47-49(48-57-59(53,54)56-46-44-51(3,4)5)58-50(52)43-41-39-37-35-33-31-29-27-25-23-21-19-17-15-13-11-9-7-2/h16-19,22-25,49H,6-15,20-21,26-48H2,1-5H3/p+1/b18-16-,19-17-,24-22-,25-23-. The third-order valence-electron chi connectivity index (χ3n) is 10.4. The van der Waals surface area contributed by atoms with Gasteiger partial charge >= 0.3 is 13.8 Å². The molecule has 0 amide bonds. The zero-order valence-electron chi connectivity index (χ0n) is 39.2. The van der Waals surface area contributed by atoms with E-state index in [9.17, 15) is 14.3 Å². The zero-order chi connectivity index (χ0) is 43.4. The molecule has 0 heterocycles. The van der Waals surface area contributed by atoms with Crippen LogP contribution in [0, 0.1) is 0 Å². The quantitative estimate of drug-likeness (QED) is 0.0214. The third kappa shape index (κ3) is 47.4. The van der Waals surface area contributed by atoms with Crippen LogP contribution in [0.25, 0.3) is 0 Å². The molecule has 0 aromatic carbocycles. The fourth-order valence-electron chi connectivity index (χ4n) is 6.55. The van der Waals surface area contributed by atoms with E-state index in [2.05, 4.69) is 62.5 Å². The maximum atomic E-state index is 12.7. The van der Waals surface area contributed by atoms with Crippen LogP contribution in [0.2, 0.25) is 0 Å². The molecule has 0 saturated heterocycles. The first kappa shape index (κ1) is 57.5. The van der Waals surface area contributed by atoms with Crippen LogP contribution in [-0.2, 0) is 27.9 Å². The molecule has 0 spiro atoms. The van der Waals surface area contributed by atoms with Crippen molar-refractivity contribution in [2.45, 2.75) is 213 Å². The van der Waals surface area contributed by atoms with Gasteiger partial charge < -0.3 is 18.9 Å². The Morgan fingerprint density at radius 2 is 0.932 bits per heavy atom. The minimum atomic E-state index is -4.28. The van der Waals surface area contributed by atoms with Crippen molar-refractivity contribution in [3.63, 3.8) is 0 Å². The second-order valence-corrected chi connectivity index (χ2v) is 18.9. The summed E-state index contributed by atoms with van der Waals surface area (Å²) in [7, 11) is 1.66. The Balaban J connectivity index is 4.21. The Morgan fingerprint density at radius 3 is 1.37 bits per heavy atom. The average molecular weight is 853 g/mol. The number of allylic oxidation sites excluding steroid dienone is 8. The maximum Gasteiger partial charge on any atom is 0.472 e. The van der Waals surface area contributed by atoms with Crippen molar-refractivity contribution < 1.29 is 37.3 Å². The van der Waals surface area contributed by atoms with Crippen molar-refractivity contribution in [3.05, 3.63) is 48.6 Å². The minimum Gasteiger partial charge on any atom is -0.457 e. The molecule has 0 radical (unpaired) electrons. The van der Waals surface area contributed by atoms with Gasteiger partial charge in [0.15, 0.2) is 0 Å². The average Bonchev–Trinajstić information content (AvgIpc) is 3.19. The molecular weight excluding hydrogens is 758 g/mol. The van der Waals surface area contributed by atoms with E-state index in [-0.39, 0.29) is 25.8 Å². The van der Waals surface area contributed by atoms with Crippen LogP contribution < -0.4 is 0 Å². The first-order valence-electron chi connectivity index (χ1n) is 24.4. The molecule has 346 valence electrons. The van der Waals surface area contributed by atoms with Gasteiger partial charge in [-0.25, -0.2) is 4.57 Å². The second-order valence-electron chi connectivity index (χ2n) is 17.5. The number of hydrogen-bond acceptors (Lipinski definition) is 6. The van der Waals surface area contributed by atoms with E-state index in [0.29, 0.717) is 24.1 Å². The first-order chi connectivity index (χ1) is 28.6. The lowest BCUT2D eigenvalue weighted by atomic mass is 10.1. The Hall–Kier alpha value is -1.54. The molecule has 8 nitrogen and oxygen atoms in total. The lowest BCUT2D eigenvalue weighted by molar-refractivity contribution is -0.870. The lowest BCUT2D eigenvalue weighted by Gasteiger charge is -2.24. The molecule has 1 N–H and O–H groups in total. The van der Waals surface area contributed by atoms with E-state index >= 15 is 0 Å². The summed E-state index contributed by atoms with van der Waals surface area (Å²) in [5, 5.41) is 0. The van der Waals surface area contributed by atoms with Crippen molar-refractivity contribution in [2.24, 2.45) is 0 Å². The number of phosphoric acid groups is 1. The summed E-state index contributed by atoms with van der Waals surface area (Å²) in [5.74, 6) is -0.323. The summed E-state index contributed by atoms with van der Waals surface area (Å²) in [6.45, 7) is 5.58. The van der Waals surface area contributed by atoms with Gasteiger partial charge in [-0.05, 0) is 77.0 Å².